The Morgan fingerprint density at radius 2 is 2.05 bits per heavy atom. The molecule has 2 rings (SSSR count). The molecule has 104 valence electrons. The maximum atomic E-state index is 12.1. The first kappa shape index (κ1) is 14.3. The molecule has 0 fully saturated rings. The average Bonchev–Trinajstić information content (AvgIpc) is 2.47. The fourth-order valence-corrected chi connectivity index (χ4v) is 1.97. The van der Waals surface area contributed by atoms with Crippen LogP contribution in [0, 0.1) is 0 Å². The van der Waals surface area contributed by atoms with Crippen molar-refractivity contribution < 1.29 is 4.79 Å². The molecule has 1 atom stereocenters. The van der Waals surface area contributed by atoms with Crippen molar-refractivity contribution >= 4 is 23.3 Å². The monoisotopic (exact) mass is 290 g/mol. The average molecular weight is 291 g/mol. The van der Waals surface area contributed by atoms with Crippen molar-refractivity contribution in [2.45, 2.75) is 13.0 Å². The highest BCUT2D eigenvalue weighted by molar-refractivity contribution is 6.30. The van der Waals surface area contributed by atoms with Crippen molar-refractivity contribution in [2.75, 3.05) is 5.43 Å². The molecule has 6 heteroatoms. The quantitative estimate of drug-likeness (QED) is 0.597. The Hall–Kier alpha value is -2.11. The van der Waals surface area contributed by atoms with Crippen molar-refractivity contribution in [1.29, 1.82) is 0 Å². The van der Waals surface area contributed by atoms with Crippen molar-refractivity contribution in [3.8, 4) is 0 Å². The van der Waals surface area contributed by atoms with Crippen LogP contribution in [0.2, 0.25) is 5.02 Å². The largest absolute Gasteiger partial charge is 0.344 e. The molecule has 1 aromatic carbocycles. The van der Waals surface area contributed by atoms with E-state index in [2.05, 4.69) is 15.7 Å². The summed E-state index contributed by atoms with van der Waals surface area (Å²) < 4.78 is 0. The summed E-state index contributed by atoms with van der Waals surface area (Å²) in [6.45, 7) is 1.88. The van der Waals surface area contributed by atoms with Gasteiger partial charge in [0.05, 0.1) is 6.04 Å². The van der Waals surface area contributed by atoms with Gasteiger partial charge in [-0.05, 0) is 36.8 Å². The van der Waals surface area contributed by atoms with Gasteiger partial charge < -0.3 is 10.7 Å². The number of nitrogens with two attached hydrogens (primary N) is 1. The van der Waals surface area contributed by atoms with Crippen molar-refractivity contribution in [2.24, 2.45) is 5.84 Å². The number of rotatable bonds is 4. The molecule has 0 bridgehead atoms. The fourth-order valence-electron chi connectivity index (χ4n) is 1.77. The second-order valence-electron chi connectivity index (χ2n) is 4.30. The molecule has 5 nitrogen and oxygen atoms in total. The smallest absolute Gasteiger partial charge is 0.270 e. The van der Waals surface area contributed by atoms with Crippen LogP contribution in [0.4, 0.5) is 5.82 Å². The van der Waals surface area contributed by atoms with Gasteiger partial charge in [-0.1, -0.05) is 29.8 Å². The number of hydrogen-bond acceptors (Lipinski definition) is 4. The van der Waals surface area contributed by atoms with E-state index in [1.54, 1.807) is 24.3 Å². The molecule has 1 unspecified atom stereocenters. The van der Waals surface area contributed by atoms with Crippen LogP contribution in [0.15, 0.2) is 42.5 Å². The van der Waals surface area contributed by atoms with Crippen LogP contribution in [0.5, 0.6) is 0 Å². The Morgan fingerprint density at radius 3 is 2.75 bits per heavy atom. The van der Waals surface area contributed by atoms with E-state index in [0.717, 1.165) is 5.56 Å². The summed E-state index contributed by atoms with van der Waals surface area (Å²) in [6, 6.07) is 12.2. The lowest BCUT2D eigenvalue weighted by Gasteiger charge is -2.14. The molecule has 2 aromatic rings. The maximum absolute atomic E-state index is 12.1. The fraction of sp³-hybridized carbons (Fsp3) is 0.143. The lowest BCUT2D eigenvalue weighted by atomic mass is 10.1. The number of hydrazine groups is 1. The minimum absolute atomic E-state index is 0.169. The zero-order valence-electron chi connectivity index (χ0n) is 10.9. The number of nitrogens with one attached hydrogen (secondary N) is 2. The van der Waals surface area contributed by atoms with Gasteiger partial charge >= 0.3 is 0 Å². The van der Waals surface area contributed by atoms with E-state index in [9.17, 15) is 4.79 Å². The van der Waals surface area contributed by atoms with Crippen LogP contribution in [-0.4, -0.2) is 10.9 Å². The Morgan fingerprint density at radius 1 is 1.30 bits per heavy atom. The van der Waals surface area contributed by atoms with Gasteiger partial charge in [0.1, 0.15) is 11.5 Å². The molecule has 0 aliphatic rings. The Kier molecular flexibility index (Phi) is 4.55. The van der Waals surface area contributed by atoms with Gasteiger partial charge in [0.2, 0.25) is 0 Å². The van der Waals surface area contributed by atoms with E-state index >= 15 is 0 Å². The summed E-state index contributed by atoms with van der Waals surface area (Å²) in [5.74, 6) is 5.44. The number of halogens is 1. The number of nitrogen functional groups attached to an aromatic ring is 1. The minimum atomic E-state index is -0.269. The Labute approximate surface area is 122 Å². The van der Waals surface area contributed by atoms with E-state index in [1.807, 2.05) is 25.1 Å². The summed E-state index contributed by atoms with van der Waals surface area (Å²) in [7, 11) is 0. The van der Waals surface area contributed by atoms with Gasteiger partial charge in [0, 0.05) is 5.02 Å². The predicted molar refractivity (Wildman–Crippen MR) is 79.4 cm³/mol. The SMILES string of the molecule is CC(NC(=O)c1cccc(NN)n1)c1cccc(Cl)c1. The lowest BCUT2D eigenvalue weighted by molar-refractivity contribution is 0.0935. The standard InChI is InChI=1S/C14H15ClN4O/c1-9(10-4-2-5-11(15)8-10)17-14(20)12-6-3-7-13(18-12)19-16/h2-9H,16H2,1H3,(H,17,20)(H,18,19). The molecule has 0 saturated heterocycles. The number of carbonyl (C=O) groups is 1. The highest BCUT2D eigenvalue weighted by Gasteiger charge is 2.13. The number of hydrogen-bond donors (Lipinski definition) is 3. The van der Waals surface area contributed by atoms with Gasteiger partial charge in [-0.3, -0.25) is 4.79 Å². The molecule has 0 saturated carbocycles. The van der Waals surface area contributed by atoms with Crippen LogP contribution in [0.3, 0.4) is 0 Å². The predicted octanol–water partition coefficient (Wildman–Crippen LogP) is 2.51. The highest BCUT2D eigenvalue weighted by Crippen LogP contribution is 2.17. The molecule has 0 spiro atoms. The number of carbonyl (C=O) groups excluding carboxylic acids is 1. The van der Waals surface area contributed by atoms with E-state index in [1.165, 1.54) is 0 Å². The van der Waals surface area contributed by atoms with Gasteiger partial charge in [-0.15, -0.1) is 0 Å². The van der Waals surface area contributed by atoms with Crippen LogP contribution in [-0.2, 0) is 0 Å². The molecule has 0 radical (unpaired) electrons. The topological polar surface area (TPSA) is 80.0 Å². The zero-order valence-corrected chi connectivity index (χ0v) is 11.7. The van der Waals surface area contributed by atoms with Crippen molar-refractivity contribution in [3.63, 3.8) is 0 Å². The molecule has 20 heavy (non-hydrogen) atoms. The number of amides is 1. The summed E-state index contributed by atoms with van der Waals surface area (Å²) in [4.78, 5) is 16.2. The first-order valence-electron chi connectivity index (χ1n) is 6.10. The molecule has 0 aliphatic heterocycles. The van der Waals surface area contributed by atoms with Crippen LogP contribution >= 0.6 is 11.6 Å². The summed E-state index contributed by atoms with van der Waals surface area (Å²) in [6.07, 6.45) is 0. The number of nitrogens with zero attached hydrogens (tertiary/aromatic N) is 1. The van der Waals surface area contributed by atoms with E-state index in [-0.39, 0.29) is 11.9 Å². The summed E-state index contributed by atoms with van der Waals surface area (Å²) in [5, 5.41) is 3.50. The van der Waals surface area contributed by atoms with Gasteiger partial charge in [0.25, 0.3) is 5.91 Å². The third-order valence-corrected chi connectivity index (χ3v) is 3.06. The zero-order chi connectivity index (χ0) is 14.5. The van der Waals surface area contributed by atoms with Crippen LogP contribution in [0.25, 0.3) is 0 Å². The minimum Gasteiger partial charge on any atom is -0.344 e. The molecule has 0 aliphatic carbocycles. The van der Waals surface area contributed by atoms with Crippen LogP contribution < -0.4 is 16.6 Å². The van der Waals surface area contributed by atoms with E-state index in [4.69, 9.17) is 17.4 Å². The van der Waals surface area contributed by atoms with E-state index in [0.29, 0.717) is 16.5 Å². The Balaban J connectivity index is 2.10. The summed E-state index contributed by atoms with van der Waals surface area (Å²) in [5.41, 5.74) is 3.64. The number of anilines is 1. The summed E-state index contributed by atoms with van der Waals surface area (Å²) >= 11 is 5.93. The third kappa shape index (κ3) is 3.46. The van der Waals surface area contributed by atoms with Gasteiger partial charge in [-0.25, -0.2) is 10.8 Å². The molecule has 1 amide bonds. The second kappa shape index (κ2) is 6.36. The molecule has 4 N–H and O–H groups in total. The highest BCUT2D eigenvalue weighted by atomic mass is 35.5. The molecule has 1 aromatic heterocycles. The molecular formula is C14H15ClN4O. The number of aromatic nitrogens is 1. The normalized spacial score (nSPS) is 11.8. The first-order valence-corrected chi connectivity index (χ1v) is 6.48. The number of benzene rings is 1. The maximum Gasteiger partial charge on any atom is 0.270 e. The third-order valence-electron chi connectivity index (χ3n) is 2.83. The molecule has 1 heterocycles. The van der Waals surface area contributed by atoms with Crippen molar-refractivity contribution in [1.82, 2.24) is 10.3 Å². The van der Waals surface area contributed by atoms with Crippen LogP contribution in [0.1, 0.15) is 29.0 Å². The van der Waals surface area contributed by atoms with Gasteiger partial charge in [-0.2, -0.15) is 0 Å². The van der Waals surface area contributed by atoms with E-state index < -0.39 is 0 Å². The molecular weight excluding hydrogens is 276 g/mol. The lowest BCUT2D eigenvalue weighted by Crippen LogP contribution is -2.27. The number of pyridine rings is 1. The first-order chi connectivity index (χ1) is 9.60. The van der Waals surface area contributed by atoms with Crippen molar-refractivity contribution in [3.05, 3.63) is 58.7 Å². The van der Waals surface area contributed by atoms with Gasteiger partial charge in [0.15, 0.2) is 0 Å². The second-order valence-corrected chi connectivity index (χ2v) is 4.74. The Bertz CT molecular complexity index is 618.